The Morgan fingerprint density at radius 1 is 1.06 bits per heavy atom. The van der Waals surface area contributed by atoms with E-state index in [0.717, 1.165) is 16.6 Å². The molecule has 1 unspecified atom stereocenters. The number of hydrogen-bond donors (Lipinski definition) is 1. The third-order valence-corrected chi connectivity index (χ3v) is 2.94. The summed E-state index contributed by atoms with van der Waals surface area (Å²) in [6, 6.07) is 4.26. The summed E-state index contributed by atoms with van der Waals surface area (Å²) in [5.74, 6) is -4.06. The Bertz CT molecular complexity index is 572. The first-order valence-corrected chi connectivity index (χ1v) is 5.80. The summed E-state index contributed by atoms with van der Waals surface area (Å²) in [5.41, 5.74) is 6.01. The maximum absolute atomic E-state index is 13.5. The minimum atomic E-state index is -1.53. The van der Waals surface area contributed by atoms with Crippen LogP contribution in [0.3, 0.4) is 0 Å². The average molecular weight is 317 g/mol. The van der Waals surface area contributed by atoms with E-state index in [-0.39, 0.29) is 5.56 Å². The standard InChI is InChI=1S/C12H8BrF3N2/c13-6-1-4-9(18-5-6)12(17)7-2-3-8(14)11(16)10(7)15/h1-5,12H,17H2. The Labute approximate surface area is 110 Å². The summed E-state index contributed by atoms with van der Waals surface area (Å²) in [5, 5.41) is 0. The van der Waals surface area contributed by atoms with Gasteiger partial charge in [0, 0.05) is 16.2 Å². The lowest BCUT2D eigenvalue weighted by Gasteiger charge is -2.13. The van der Waals surface area contributed by atoms with Gasteiger partial charge < -0.3 is 5.73 Å². The van der Waals surface area contributed by atoms with Crippen LogP contribution < -0.4 is 5.73 Å². The molecule has 2 N–H and O–H groups in total. The number of halogens is 4. The fraction of sp³-hybridized carbons (Fsp3) is 0.0833. The van der Waals surface area contributed by atoms with Crippen LogP contribution in [0.25, 0.3) is 0 Å². The highest BCUT2D eigenvalue weighted by atomic mass is 79.9. The zero-order chi connectivity index (χ0) is 13.3. The number of nitrogens with zero attached hydrogens (tertiary/aromatic N) is 1. The molecule has 0 radical (unpaired) electrons. The first-order valence-electron chi connectivity index (χ1n) is 5.01. The van der Waals surface area contributed by atoms with Crippen LogP contribution in [-0.4, -0.2) is 4.98 Å². The van der Waals surface area contributed by atoms with E-state index in [1.165, 1.54) is 6.20 Å². The number of hydrogen-bond acceptors (Lipinski definition) is 2. The number of aromatic nitrogens is 1. The highest BCUT2D eigenvalue weighted by molar-refractivity contribution is 9.10. The molecule has 1 heterocycles. The molecule has 0 fully saturated rings. The van der Waals surface area contributed by atoms with Gasteiger partial charge in [-0.1, -0.05) is 6.07 Å². The van der Waals surface area contributed by atoms with Gasteiger partial charge in [0.15, 0.2) is 17.5 Å². The quantitative estimate of drug-likeness (QED) is 0.863. The van der Waals surface area contributed by atoms with Crippen LogP contribution >= 0.6 is 15.9 Å². The molecule has 0 aliphatic heterocycles. The highest BCUT2D eigenvalue weighted by Gasteiger charge is 2.20. The molecule has 2 aromatic rings. The second-order valence-corrected chi connectivity index (χ2v) is 4.56. The molecule has 0 saturated carbocycles. The van der Waals surface area contributed by atoms with E-state index in [4.69, 9.17) is 5.73 Å². The zero-order valence-corrected chi connectivity index (χ0v) is 10.6. The van der Waals surface area contributed by atoms with Gasteiger partial charge in [-0.15, -0.1) is 0 Å². The Kier molecular flexibility index (Phi) is 3.68. The minimum Gasteiger partial charge on any atom is -0.319 e. The van der Waals surface area contributed by atoms with Crippen molar-refractivity contribution >= 4 is 15.9 Å². The van der Waals surface area contributed by atoms with Crippen LogP contribution in [0.4, 0.5) is 13.2 Å². The molecule has 18 heavy (non-hydrogen) atoms. The van der Waals surface area contributed by atoms with Crippen LogP contribution in [0.1, 0.15) is 17.3 Å². The number of nitrogens with two attached hydrogens (primary N) is 1. The number of benzene rings is 1. The maximum atomic E-state index is 13.5. The zero-order valence-electron chi connectivity index (χ0n) is 9.00. The molecule has 0 aliphatic rings. The topological polar surface area (TPSA) is 38.9 Å². The Morgan fingerprint density at radius 2 is 1.78 bits per heavy atom. The summed E-state index contributed by atoms with van der Waals surface area (Å²) in [7, 11) is 0. The fourth-order valence-corrected chi connectivity index (χ4v) is 1.75. The van der Waals surface area contributed by atoms with Crippen LogP contribution in [0.2, 0.25) is 0 Å². The Balaban J connectivity index is 2.43. The summed E-state index contributed by atoms with van der Waals surface area (Å²) < 4.78 is 40.2. The summed E-state index contributed by atoms with van der Waals surface area (Å²) in [4.78, 5) is 3.99. The van der Waals surface area contributed by atoms with Gasteiger partial charge in [-0.05, 0) is 34.1 Å². The molecular weight excluding hydrogens is 309 g/mol. The van der Waals surface area contributed by atoms with Crippen LogP contribution in [0.15, 0.2) is 34.9 Å². The van der Waals surface area contributed by atoms with E-state index in [1.54, 1.807) is 12.1 Å². The third-order valence-electron chi connectivity index (χ3n) is 2.47. The first kappa shape index (κ1) is 13.0. The number of rotatable bonds is 2. The molecule has 0 aliphatic carbocycles. The maximum Gasteiger partial charge on any atom is 0.194 e. The SMILES string of the molecule is NC(c1ccc(Br)cn1)c1ccc(F)c(F)c1F. The van der Waals surface area contributed by atoms with Crippen molar-refractivity contribution in [1.29, 1.82) is 0 Å². The summed E-state index contributed by atoms with van der Waals surface area (Å²) in [6.45, 7) is 0. The van der Waals surface area contributed by atoms with E-state index in [0.29, 0.717) is 5.69 Å². The van der Waals surface area contributed by atoms with Gasteiger partial charge in [-0.25, -0.2) is 13.2 Å². The van der Waals surface area contributed by atoms with E-state index in [1.807, 2.05) is 0 Å². The van der Waals surface area contributed by atoms with Crippen molar-refractivity contribution in [3.63, 3.8) is 0 Å². The predicted octanol–water partition coefficient (Wildman–Crippen LogP) is 3.31. The molecule has 1 aromatic heterocycles. The lowest BCUT2D eigenvalue weighted by molar-refractivity contribution is 0.438. The molecule has 0 bridgehead atoms. The van der Waals surface area contributed by atoms with Crippen molar-refractivity contribution in [2.24, 2.45) is 5.73 Å². The summed E-state index contributed by atoms with van der Waals surface area (Å²) >= 11 is 3.20. The summed E-state index contributed by atoms with van der Waals surface area (Å²) in [6.07, 6.45) is 1.49. The van der Waals surface area contributed by atoms with Crippen molar-refractivity contribution in [3.8, 4) is 0 Å². The highest BCUT2D eigenvalue weighted by Crippen LogP contribution is 2.24. The molecule has 0 saturated heterocycles. The number of pyridine rings is 1. The predicted molar refractivity (Wildman–Crippen MR) is 64.3 cm³/mol. The normalized spacial score (nSPS) is 12.5. The van der Waals surface area contributed by atoms with Gasteiger partial charge >= 0.3 is 0 Å². The van der Waals surface area contributed by atoms with Gasteiger partial charge in [-0.2, -0.15) is 0 Å². The Hall–Kier alpha value is -1.40. The molecule has 2 rings (SSSR count). The molecule has 0 spiro atoms. The van der Waals surface area contributed by atoms with Crippen molar-refractivity contribution in [3.05, 3.63) is 63.6 Å². The lowest BCUT2D eigenvalue weighted by atomic mass is 10.0. The molecule has 0 amide bonds. The molecule has 6 heteroatoms. The molecular formula is C12H8BrF3N2. The van der Waals surface area contributed by atoms with Gasteiger partial charge in [0.1, 0.15) is 0 Å². The molecule has 1 aromatic carbocycles. The Morgan fingerprint density at radius 3 is 2.39 bits per heavy atom. The average Bonchev–Trinajstić information content (AvgIpc) is 2.36. The lowest BCUT2D eigenvalue weighted by Crippen LogP contribution is -2.16. The van der Waals surface area contributed by atoms with E-state index < -0.39 is 23.5 Å². The smallest absolute Gasteiger partial charge is 0.194 e. The van der Waals surface area contributed by atoms with Crippen LogP contribution in [0, 0.1) is 17.5 Å². The van der Waals surface area contributed by atoms with Crippen LogP contribution in [0.5, 0.6) is 0 Å². The van der Waals surface area contributed by atoms with E-state index in [2.05, 4.69) is 20.9 Å². The van der Waals surface area contributed by atoms with Crippen molar-refractivity contribution in [2.75, 3.05) is 0 Å². The van der Waals surface area contributed by atoms with Crippen molar-refractivity contribution < 1.29 is 13.2 Å². The minimum absolute atomic E-state index is 0.135. The third kappa shape index (κ3) is 2.39. The monoisotopic (exact) mass is 316 g/mol. The second kappa shape index (κ2) is 5.07. The molecule has 94 valence electrons. The van der Waals surface area contributed by atoms with Crippen molar-refractivity contribution in [1.82, 2.24) is 4.98 Å². The largest absolute Gasteiger partial charge is 0.319 e. The molecule has 1 atom stereocenters. The van der Waals surface area contributed by atoms with Gasteiger partial charge in [-0.3, -0.25) is 4.98 Å². The first-order chi connectivity index (χ1) is 8.50. The van der Waals surface area contributed by atoms with Gasteiger partial charge in [0.25, 0.3) is 0 Å². The van der Waals surface area contributed by atoms with E-state index in [9.17, 15) is 13.2 Å². The van der Waals surface area contributed by atoms with Crippen LogP contribution in [-0.2, 0) is 0 Å². The van der Waals surface area contributed by atoms with E-state index >= 15 is 0 Å². The van der Waals surface area contributed by atoms with Crippen molar-refractivity contribution in [2.45, 2.75) is 6.04 Å². The fourth-order valence-electron chi connectivity index (χ4n) is 1.51. The van der Waals surface area contributed by atoms with Gasteiger partial charge in [0.2, 0.25) is 0 Å². The molecule has 2 nitrogen and oxygen atoms in total. The second-order valence-electron chi connectivity index (χ2n) is 3.64. The van der Waals surface area contributed by atoms with Gasteiger partial charge in [0.05, 0.1) is 11.7 Å².